The highest BCUT2D eigenvalue weighted by molar-refractivity contribution is 7.92. The van der Waals surface area contributed by atoms with Crippen LogP contribution in [0.4, 0.5) is 15.8 Å². The molecule has 10 nitrogen and oxygen atoms in total. The van der Waals surface area contributed by atoms with Crippen LogP contribution >= 0.6 is 0 Å². The molecule has 0 aromatic heterocycles. The van der Waals surface area contributed by atoms with Gasteiger partial charge in [-0.15, -0.1) is 4.40 Å². The van der Waals surface area contributed by atoms with Crippen LogP contribution in [0.25, 0.3) is 0 Å². The number of nitrogens with one attached hydrogen (secondary N) is 2. The Bertz CT molecular complexity index is 1700. The molecule has 0 radical (unpaired) electrons. The minimum Gasteiger partial charge on any atom is -0.511 e. The summed E-state index contributed by atoms with van der Waals surface area (Å²) >= 11 is 0. The molecule has 0 saturated heterocycles. The van der Waals surface area contributed by atoms with Crippen molar-refractivity contribution in [1.82, 2.24) is 4.90 Å². The third-order valence-corrected chi connectivity index (χ3v) is 10.6. The molecule has 1 amide bonds. The molecule has 2 aromatic rings. The topological polar surface area (TPSA) is 145 Å². The molecule has 2 saturated carbocycles. The quantitative estimate of drug-likeness (QED) is 0.453. The van der Waals surface area contributed by atoms with Crippen LogP contribution in [0.2, 0.25) is 0 Å². The lowest BCUT2D eigenvalue weighted by atomic mass is 9.72. The van der Waals surface area contributed by atoms with Crippen molar-refractivity contribution < 1.29 is 31.1 Å². The second-order valence-corrected chi connectivity index (χ2v) is 14.8. The maximum absolute atomic E-state index is 14.0. The fourth-order valence-corrected chi connectivity index (χ4v) is 8.46. The molecule has 2 heterocycles. The second kappa shape index (κ2) is 9.83. The van der Waals surface area contributed by atoms with E-state index < -0.39 is 43.7 Å². The molecule has 218 valence electrons. The first kappa shape index (κ1) is 27.7. The predicted octanol–water partition coefficient (Wildman–Crippen LogP) is 4.01. The first-order valence-corrected chi connectivity index (χ1v) is 16.9. The molecule has 2 fully saturated rings. The monoisotopic (exact) mass is 602 g/mol. The van der Waals surface area contributed by atoms with Gasteiger partial charge in [-0.2, -0.15) is 8.42 Å². The molecule has 41 heavy (non-hydrogen) atoms. The molecule has 13 heteroatoms. The van der Waals surface area contributed by atoms with Crippen LogP contribution in [0.5, 0.6) is 0 Å². The van der Waals surface area contributed by atoms with Crippen LogP contribution in [0, 0.1) is 29.5 Å². The highest BCUT2D eigenvalue weighted by Gasteiger charge is 2.53. The maximum atomic E-state index is 14.0. The Morgan fingerprint density at radius 1 is 1.15 bits per heavy atom. The van der Waals surface area contributed by atoms with Crippen LogP contribution in [0.1, 0.15) is 38.2 Å². The summed E-state index contributed by atoms with van der Waals surface area (Å²) in [6.45, 7) is 2.04. The predicted molar refractivity (Wildman–Crippen MR) is 152 cm³/mol. The molecule has 0 spiro atoms. The Hall–Kier alpha value is -3.45. The van der Waals surface area contributed by atoms with E-state index in [1.165, 1.54) is 24.3 Å². The summed E-state index contributed by atoms with van der Waals surface area (Å²) < 4.78 is 69.6. The molecule has 2 aliphatic carbocycles. The van der Waals surface area contributed by atoms with Gasteiger partial charge >= 0.3 is 0 Å². The van der Waals surface area contributed by atoms with Gasteiger partial charge in [0.05, 0.1) is 11.9 Å². The number of sulfonamides is 2. The molecule has 2 aliphatic heterocycles. The van der Waals surface area contributed by atoms with E-state index in [2.05, 4.69) is 14.4 Å². The third-order valence-electron chi connectivity index (χ3n) is 8.69. The van der Waals surface area contributed by atoms with Crippen molar-refractivity contribution >= 4 is 43.2 Å². The lowest BCUT2D eigenvalue weighted by Gasteiger charge is -2.44. The Labute approximate surface area is 238 Å². The summed E-state index contributed by atoms with van der Waals surface area (Å²) in [5.74, 6) is -0.694. The molecule has 6 rings (SSSR count). The van der Waals surface area contributed by atoms with E-state index >= 15 is 0 Å². The summed E-state index contributed by atoms with van der Waals surface area (Å²) in [5.41, 5.74) is 0.635. The van der Waals surface area contributed by atoms with Gasteiger partial charge in [0.2, 0.25) is 10.0 Å². The molecule has 3 N–H and O–H groups in total. The summed E-state index contributed by atoms with van der Waals surface area (Å²) in [4.78, 5) is 15.3. The number of amidine groups is 1. The van der Waals surface area contributed by atoms with Crippen LogP contribution in [0.3, 0.4) is 0 Å². The lowest BCUT2D eigenvalue weighted by Crippen LogP contribution is -2.52. The normalized spacial score (nSPS) is 28.8. The minimum atomic E-state index is -4.37. The number of anilines is 2. The highest BCUT2D eigenvalue weighted by Crippen LogP contribution is 2.57. The number of rotatable bonds is 6. The van der Waals surface area contributed by atoms with Crippen molar-refractivity contribution in [3.63, 3.8) is 0 Å². The van der Waals surface area contributed by atoms with E-state index in [0.717, 1.165) is 38.0 Å². The highest BCUT2D eigenvalue weighted by atomic mass is 32.2. The van der Waals surface area contributed by atoms with Crippen molar-refractivity contribution in [3.8, 4) is 0 Å². The number of carbonyl (C=O) groups excluding carboxylic acids is 1. The van der Waals surface area contributed by atoms with Crippen LogP contribution in [-0.4, -0.2) is 50.9 Å². The molecule has 4 aliphatic rings. The van der Waals surface area contributed by atoms with Crippen LogP contribution < -0.4 is 10.0 Å². The average molecular weight is 603 g/mol. The second-order valence-electron chi connectivity index (χ2n) is 11.5. The van der Waals surface area contributed by atoms with E-state index in [1.54, 1.807) is 17.0 Å². The van der Waals surface area contributed by atoms with Gasteiger partial charge in [-0.25, -0.2) is 12.8 Å². The SMILES string of the molecule is CC1C(C2CCCC3CC32)C(O)=C(C2=NS(=O)(=O)c3cc(NS(C)(=O)=O)ccc3N2)C(=O)N1Cc1ccc(F)cc1. The molecular weight excluding hydrogens is 571 g/mol. The summed E-state index contributed by atoms with van der Waals surface area (Å²) in [7, 11) is -8.03. The Kier molecular flexibility index (Phi) is 6.64. The number of fused-ring (bicyclic) bond motifs is 2. The molecular formula is C28H31FN4O6S2. The maximum Gasteiger partial charge on any atom is 0.286 e. The third kappa shape index (κ3) is 5.21. The Balaban J connectivity index is 1.42. The fraction of sp³-hybridized carbons (Fsp3) is 0.429. The standard InChI is InChI=1S/C28H31FN4O6S2/c1-15-24(20-5-3-4-17-12-21(17)20)26(34)25(28(35)33(15)14-16-6-8-18(29)9-7-16)27-30-22-11-10-19(31-40(2,36)37)13-23(22)41(38,39)32-27/h6-11,13,15,17,20-21,24,31,34H,3-5,12,14H2,1-2H3,(H,30,32). The lowest BCUT2D eigenvalue weighted by molar-refractivity contribution is -0.133. The number of halogens is 1. The van der Waals surface area contributed by atoms with Crippen molar-refractivity contribution in [2.75, 3.05) is 16.3 Å². The minimum absolute atomic E-state index is 0.0433. The van der Waals surface area contributed by atoms with Gasteiger partial charge in [0.1, 0.15) is 22.0 Å². The first-order chi connectivity index (χ1) is 19.3. The largest absolute Gasteiger partial charge is 0.511 e. The zero-order valence-corrected chi connectivity index (χ0v) is 24.2. The van der Waals surface area contributed by atoms with Gasteiger partial charge < -0.3 is 15.3 Å². The number of carbonyl (C=O) groups is 1. The number of hydrogen-bond donors (Lipinski definition) is 3. The number of aliphatic hydroxyl groups is 1. The zero-order chi connectivity index (χ0) is 29.3. The van der Waals surface area contributed by atoms with E-state index in [-0.39, 0.29) is 45.9 Å². The van der Waals surface area contributed by atoms with Gasteiger partial charge in [-0.05, 0) is 73.4 Å². The van der Waals surface area contributed by atoms with E-state index in [1.807, 2.05) is 6.92 Å². The number of hydrogen-bond acceptors (Lipinski definition) is 7. The van der Waals surface area contributed by atoms with Gasteiger partial charge in [0.25, 0.3) is 15.9 Å². The molecule has 5 unspecified atom stereocenters. The van der Waals surface area contributed by atoms with Crippen molar-refractivity contribution in [2.24, 2.45) is 28.1 Å². The van der Waals surface area contributed by atoms with Crippen LogP contribution in [0.15, 0.2) is 63.1 Å². The van der Waals surface area contributed by atoms with Gasteiger partial charge in [0.15, 0.2) is 5.84 Å². The number of aliphatic hydroxyl groups excluding tert-OH is 1. The zero-order valence-electron chi connectivity index (χ0n) is 22.5. The smallest absolute Gasteiger partial charge is 0.286 e. The summed E-state index contributed by atoms with van der Waals surface area (Å²) in [6, 6.07) is 9.36. The van der Waals surface area contributed by atoms with E-state index in [4.69, 9.17) is 0 Å². The number of benzene rings is 2. The van der Waals surface area contributed by atoms with Gasteiger partial charge in [0, 0.05) is 24.2 Å². The summed E-state index contributed by atoms with van der Waals surface area (Å²) in [5, 5.41) is 14.6. The van der Waals surface area contributed by atoms with Gasteiger partial charge in [-0.3, -0.25) is 9.52 Å². The number of amides is 1. The van der Waals surface area contributed by atoms with E-state index in [9.17, 15) is 31.1 Å². The Morgan fingerprint density at radius 3 is 2.59 bits per heavy atom. The van der Waals surface area contributed by atoms with Crippen molar-refractivity contribution in [2.45, 2.75) is 50.1 Å². The van der Waals surface area contributed by atoms with Crippen molar-refractivity contribution in [3.05, 3.63) is 65.2 Å². The van der Waals surface area contributed by atoms with Crippen LogP contribution in [-0.2, 0) is 31.4 Å². The molecule has 0 bridgehead atoms. The van der Waals surface area contributed by atoms with Crippen molar-refractivity contribution in [1.29, 1.82) is 0 Å². The van der Waals surface area contributed by atoms with Gasteiger partial charge in [-0.1, -0.05) is 25.0 Å². The fourth-order valence-electron chi connectivity index (χ4n) is 6.76. The molecule has 5 atom stereocenters. The first-order valence-electron chi connectivity index (χ1n) is 13.5. The summed E-state index contributed by atoms with van der Waals surface area (Å²) in [6.07, 6.45) is 5.09. The average Bonchev–Trinajstić information content (AvgIpc) is 3.68. The Morgan fingerprint density at radius 2 is 1.88 bits per heavy atom. The van der Waals surface area contributed by atoms with E-state index in [0.29, 0.717) is 17.4 Å². The number of nitrogens with zero attached hydrogens (tertiary/aromatic N) is 2. The molecule has 2 aromatic carbocycles.